The Balaban J connectivity index is 0.000000195. The molecule has 4 saturated heterocycles. The smallest absolute Gasteiger partial charge is 0.294 e. The van der Waals surface area contributed by atoms with Crippen LogP contribution in [0.3, 0.4) is 0 Å². The number of piperidine rings is 2. The Hall–Kier alpha value is -8.16. The summed E-state index contributed by atoms with van der Waals surface area (Å²) in [6, 6.07) is 27.0. The van der Waals surface area contributed by atoms with Crippen molar-refractivity contribution in [3.05, 3.63) is 153 Å². The highest BCUT2D eigenvalue weighted by atomic mass is 79.9. The van der Waals surface area contributed by atoms with Gasteiger partial charge in [-0.3, -0.25) is 14.4 Å². The first kappa shape index (κ1) is 92.7. The van der Waals surface area contributed by atoms with Gasteiger partial charge in [-0.15, -0.1) is 0 Å². The molecule has 0 unspecified atom stereocenters. The van der Waals surface area contributed by atoms with Gasteiger partial charge in [0.25, 0.3) is 10.1 Å². The highest BCUT2D eigenvalue weighted by Crippen LogP contribution is 2.44. The number of aryl methyl sites for hydroxylation is 3. The van der Waals surface area contributed by atoms with Crippen LogP contribution in [0, 0.1) is 6.92 Å². The quantitative estimate of drug-likeness (QED) is 0.0150. The van der Waals surface area contributed by atoms with E-state index in [9.17, 15) is 17.5 Å². The fraction of sp³-hybridized carbons (Fsp3) is 0.446. The van der Waals surface area contributed by atoms with Gasteiger partial charge in [0.2, 0.25) is 11.2 Å². The minimum atomic E-state index is -4.02. The molecule has 9 aromatic rings. The summed E-state index contributed by atoms with van der Waals surface area (Å²) in [6.45, 7) is 29.3. The topological polar surface area (TPSA) is 330 Å². The molecule has 28 nitrogen and oxygen atoms in total. The zero-order valence-corrected chi connectivity index (χ0v) is 76.0. The highest BCUT2D eigenvalue weighted by Gasteiger charge is 2.31. The van der Waals surface area contributed by atoms with E-state index in [0.29, 0.717) is 84.3 Å². The minimum Gasteiger partial charge on any atom is -0.495 e. The van der Waals surface area contributed by atoms with Crippen LogP contribution in [0.4, 0.5) is 51.7 Å². The fourth-order valence-corrected chi connectivity index (χ4v) is 17.5. The molecule has 0 atom stereocenters. The molecule has 4 aliphatic heterocycles. The molecule has 8 heterocycles. The maximum atomic E-state index is 13.5. The van der Waals surface area contributed by atoms with Crippen molar-refractivity contribution in [2.75, 3.05) is 186 Å². The Morgan fingerprint density at radius 2 is 0.966 bits per heavy atom. The van der Waals surface area contributed by atoms with Crippen LogP contribution >= 0.6 is 57.7 Å². The van der Waals surface area contributed by atoms with Crippen molar-refractivity contribution in [1.82, 2.24) is 59.5 Å². The summed E-state index contributed by atoms with van der Waals surface area (Å²) in [6.07, 6.45) is 18.4. The van der Waals surface area contributed by atoms with Crippen molar-refractivity contribution in [2.45, 2.75) is 96.0 Å². The standard InChI is InChI=1S/C36H47BrN9O3P.C19H32N4O.C17H16BrClN5O2P.C7H8O3S.C4H10O/c1-7-24-18-30(32(49-4)20-31(24)46-12-10-26(11-13-46)45-16-14-44(2)15-17-45)42-36-40-23-28(37)35(43-36)41-29-9-8-25(19-33(29)50(5,6)47)34-38-21-27(48-3)22-39-34;1-4-15-13-17(20)19(24-3)14-18(15)23-7-5-16(6-8-23)22-11-9-21(2)10-12-22;1-26-11-7-20-15(21-8-11)10-4-5-13(14(6-10)27(2,3)25)23-16-12(18)9-22-17(19)24-16;1-6-2-4-7(5-3-6)11(8,9)10;1-2-3-4-5/h8-9,18-23,26H,7,10-17H2,1-6H3,(H2,40,41,42,43);13-14,16H,4-12,20H2,1-3H3;4-9H,1-3H3,(H,22,23,24);2-5H,1H3,(H,8,9,10);5H,2-4H2,1H3. The van der Waals surface area contributed by atoms with Gasteiger partial charge in [0.15, 0.2) is 23.1 Å². The summed E-state index contributed by atoms with van der Waals surface area (Å²) < 4.78 is 78.9. The molecule has 7 N–H and O–H groups in total. The predicted molar refractivity (Wildman–Crippen MR) is 481 cm³/mol. The number of anilines is 9. The Morgan fingerprint density at radius 3 is 1.36 bits per heavy atom. The number of piperazine rings is 2. The average molecular weight is 1810 g/mol. The molecule has 4 fully saturated rings. The molecule has 13 rings (SSSR count). The van der Waals surface area contributed by atoms with E-state index in [0.717, 1.165) is 124 Å². The van der Waals surface area contributed by atoms with Gasteiger partial charge in [-0.1, -0.05) is 44.9 Å². The van der Waals surface area contributed by atoms with Crippen LogP contribution in [0.25, 0.3) is 22.8 Å². The third-order valence-corrected chi connectivity index (χ3v) is 26.0. The molecule has 117 heavy (non-hydrogen) atoms. The Morgan fingerprint density at radius 1 is 0.538 bits per heavy atom. The lowest BCUT2D eigenvalue weighted by atomic mass is 9.99. The summed E-state index contributed by atoms with van der Waals surface area (Å²) in [7, 11) is 1.59. The number of ether oxygens (including phenoxy) is 4. The number of benzene rings is 5. The Bertz CT molecular complexity index is 4940. The molecule has 0 amide bonds. The van der Waals surface area contributed by atoms with Gasteiger partial charge in [-0.05, 0) is 208 Å². The SMILES string of the molecule is CCCCO.CCc1cc(N)c(OC)cc1N1CCC(N2CCN(C)CC2)CC1.CCc1cc(Nc2ncc(Br)c(Nc3ccc(-c4ncc(OC)cn4)cc3P(C)(C)=O)n2)c(OC)cc1N1CCC(N2CCN(C)CC2)CC1.COc1cnc(-c2ccc(Nc3nc(Cl)ncc3Br)c(P(C)(C)=O)c2)nc1.Cc1ccc(S(=O)(=O)O)cc1. The molecule has 0 bridgehead atoms. The summed E-state index contributed by atoms with van der Waals surface area (Å²) in [5, 5.41) is 19.5. The fourth-order valence-electron chi connectivity index (χ4n) is 13.9. The monoisotopic (exact) mass is 1810 g/mol. The minimum absolute atomic E-state index is 0.0666. The third kappa shape index (κ3) is 26.4. The van der Waals surface area contributed by atoms with Gasteiger partial charge in [-0.25, -0.2) is 29.9 Å². The maximum absolute atomic E-state index is 13.5. The van der Waals surface area contributed by atoms with Crippen LogP contribution in [-0.2, 0) is 32.1 Å². The summed E-state index contributed by atoms with van der Waals surface area (Å²) in [4.78, 5) is 50.0. The lowest BCUT2D eigenvalue weighted by Gasteiger charge is -2.43. The Labute approximate surface area is 711 Å². The zero-order valence-electron chi connectivity index (χ0n) is 69.5. The molecular weight excluding hydrogens is 1700 g/mol. The van der Waals surface area contributed by atoms with E-state index in [1.165, 1.54) is 86.5 Å². The van der Waals surface area contributed by atoms with Gasteiger partial charge in [0.1, 0.15) is 37.4 Å². The number of aromatic nitrogens is 8. The van der Waals surface area contributed by atoms with Gasteiger partial charge >= 0.3 is 0 Å². The van der Waals surface area contributed by atoms with Crippen molar-refractivity contribution >= 4 is 130 Å². The van der Waals surface area contributed by atoms with E-state index < -0.39 is 24.4 Å². The number of hydrogen-bond acceptors (Lipinski definition) is 27. The van der Waals surface area contributed by atoms with Gasteiger partial charge in [-0.2, -0.15) is 18.4 Å². The van der Waals surface area contributed by atoms with Crippen molar-refractivity contribution in [1.29, 1.82) is 0 Å². The van der Waals surface area contributed by atoms with Crippen LogP contribution < -0.4 is 61.0 Å². The van der Waals surface area contributed by atoms with Crippen LogP contribution in [-0.4, -0.2) is 244 Å². The number of aliphatic hydroxyl groups is 1. The summed E-state index contributed by atoms with van der Waals surface area (Å²) in [5.74, 6) is 5.11. The Kier molecular flexibility index (Phi) is 34.6. The lowest BCUT2D eigenvalue weighted by Crippen LogP contribution is -2.52. The molecule has 5 aromatic carbocycles. The third-order valence-electron chi connectivity index (χ3n) is 20.8. The van der Waals surface area contributed by atoms with E-state index >= 15 is 0 Å². The van der Waals surface area contributed by atoms with Crippen molar-refractivity contribution in [2.24, 2.45) is 0 Å². The second kappa shape index (κ2) is 43.7. The second-order valence-corrected chi connectivity index (χ2v) is 39.6. The molecule has 0 aliphatic carbocycles. The normalized spacial score (nSPS) is 15.4. The number of nitrogens with zero attached hydrogens (tertiary/aromatic N) is 14. The first-order valence-electron chi connectivity index (χ1n) is 39.2. The second-order valence-electron chi connectivity index (χ2n) is 29.8. The molecule has 0 spiro atoms. The average Bonchev–Trinajstić information content (AvgIpc) is 0.820. The van der Waals surface area contributed by atoms with Gasteiger partial charge in [0, 0.05) is 155 Å². The van der Waals surface area contributed by atoms with Crippen molar-refractivity contribution in [3.8, 4) is 45.8 Å². The van der Waals surface area contributed by atoms with E-state index in [4.69, 9.17) is 50.9 Å². The number of methoxy groups -OCH3 is 4. The van der Waals surface area contributed by atoms with E-state index in [2.05, 4.69) is 171 Å². The van der Waals surface area contributed by atoms with E-state index in [-0.39, 0.29) is 10.2 Å². The number of nitrogens with one attached hydrogen (secondary N) is 3. The van der Waals surface area contributed by atoms with E-state index in [1.807, 2.05) is 43.3 Å². The van der Waals surface area contributed by atoms with Crippen molar-refractivity contribution < 1.29 is 46.2 Å². The lowest BCUT2D eigenvalue weighted by molar-refractivity contribution is 0.0982. The van der Waals surface area contributed by atoms with E-state index in [1.54, 1.807) is 104 Å². The molecule has 4 aliphatic rings. The largest absolute Gasteiger partial charge is 0.495 e. The number of nitrogens with two attached hydrogens (primary N) is 1. The number of halogens is 3. The van der Waals surface area contributed by atoms with Crippen LogP contribution in [0.1, 0.15) is 76.0 Å². The van der Waals surface area contributed by atoms with Crippen LogP contribution in [0.15, 0.2) is 136 Å². The predicted octanol–water partition coefficient (Wildman–Crippen LogP) is 14.7. The number of unbranched alkanes of at least 4 members (excludes halogenated alkanes) is 1. The number of nitrogen functional groups attached to an aromatic ring is 1. The molecule has 632 valence electrons. The first-order chi connectivity index (χ1) is 55.9. The number of hydrogen-bond donors (Lipinski definition) is 6. The highest BCUT2D eigenvalue weighted by molar-refractivity contribution is 9.11. The first-order valence-corrected chi connectivity index (χ1v) is 47.8. The van der Waals surface area contributed by atoms with Gasteiger partial charge in [0.05, 0.1) is 89.8 Å². The summed E-state index contributed by atoms with van der Waals surface area (Å²) >= 11 is 12.9. The zero-order chi connectivity index (χ0) is 84.7. The van der Waals surface area contributed by atoms with Gasteiger partial charge < -0.3 is 74.5 Å². The van der Waals surface area contributed by atoms with Crippen molar-refractivity contribution in [3.63, 3.8) is 0 Å². The van der Waals surface area contributed by atoms with Crippen LogP contribution in [0.5, 0.6) is 23.0 Å². The number of aliphatic hydroxyl groups excluding tert-OH is 1. The van der Waals surface area contributed by atoms with Crippen LogP contribution in [0.2, 0.25) is 5.28 Å². The molecule has 0 radical (unpaired) electrons. The molecular formula is C83H113Br2ClN18O10P2S. The molecule has 34 heteroatoms. The number of rotatable bonds is 23. The number of likely N-dealkylation sites (N-methyl/N-ethyl adjacent to an activating group) is 2. The molecule has 0 saturated carbocycles. The summed E-state index contributed by atoms with van der Waals surface area (Å²) in [5.41, 5.74) is 16.5. The maximum Gasteiger partial charge on any atom is 0.294 e. The molecule has 4 aromatic heterocycles.